The first-order chi connectivity index (χ1) is 8.57. The molecule has 2 N–H and O–H groups in total. The number of hydrogen-bond donors (Lipinski definition) is 1. The zero-order chi connectivity index (χ0) is 13.2. The van der Waals surface area contributed by atoms with E-state index in [9.17, 15) is 9.18 Å². The second kappa shape index (κ2) is 5.49. The van der Waals surface area contributed by atoms with Crippen LogP contribution in [0.3, 0.4) is 0 Å². The maximum Gasteiger partial charge on any atom is 0.144 e. The third-order valence-electron chi connectivity index (χ3n) is 3.90. The number of Topliss-reactive ketones (excluding diaryl/α,β-unsaturated/α-hetero) is 1. The van der Waals surface area contributed by atoms with E-state index in [-0.39, 0.29) is 18.0 Å². The van der Waals surface area contributed by atoms with Gasteiger partial charge in [-0.2, -0.15) is 0 Å². The van der Waals surface area contributed by atoms with Gasteiger partial charge < -0.3 is 5.73 Å². The van der Waals surface area contributed by atoms with Crippen LogP contribution in [0, 0.1) is 11.2 Å². The summed E-state index contributed by atoms with van der Waals surface area (Å²) >= 11 is 3.30. The molecule has 1 aliphatic rings. The van der Waals surface area contributed by atoms with Gasteiger partial charge in [0.15, 0.2) is 0 Å². The minimum Gasteiger partial charge on any atom is -0.329 e. The minimum atomic E-state index is -0.408. The average Bonchev–Trinajstić information content (AvgIpc) is 2.84. The smallest absolute Gasteiger partial charge is 0.144 e. The van der Waals surface area contributed by atoms with E-state index in [4.69, 9.17) is 5.73 Å². The lowest BCUT2D eigenvalue weighted by atomic mass is 9.79. The van der Waals surface area contributed by atoms with Crippen LogP contribution in [0.2, 0.25) is 0 Å². The van der Waals surface area contributed by atoms with E-state index < -0.39 is 5.41 Å². The summed E-state index contributed by atoms with van der Waals surface area (Å²) in [7, 11) is 0. The third-order valence-corrected chi connectivity index (χ3v) is 4.39. The van der Waals surface area contributed by atoms with Gasteiger partial charge in [-0.15, -0.1) is 0 Å². The minimum absolute atomic E-state index is 0.0829. The Labute approximate surface area is 115 Å². The summed E-state index contributed by atoms with van der Waals surface area (Å²) < 4.78 is 14.4. The summed E-state index contributed by atoms with van der Waals surface area (Å²) in [5.74, 6) is -0.240. The first kappa shape index (κ1) is 13.7. The molecule has 0 bridgehead atoms. The third kappa shape index (κ3) is 2.64. The fourth-order valence-electron chi connectivity index (χ4n) is 2.69. The van der Waals surface area contributed by atoms with E-state index >= 15 is 0 Å². The summed E-state index contributed by atoms with van der Waals surface area (Å²) in [6, 6.07) is 4.69. The number of carbonyl (C=O) groups excluding carboxylic acids is 1. The Hall–Kier alpha value is -0.740. The molecule has 0 aromatic heterocycles. The van der Waals surface area contributed by atoms with Crippen LogP contribution in [0.15, 0.2) is 22.7 Å². The van der Waals surface area contributed by atoms with E-state index in [1.165, 1.54) is 6.07 Å². The number of halogens is 2. The predicted octanol–water partition coefficient (Wildman–Crippen LogP) is 3.22. The van der Waals surface area contributed by atoms with Gasteiger partial charge in [-0.1, -0.05) is 28.8 Å². The molecule has 2 nitrogen and oxygen atoms in total. The van der Waals surface area contributed by atoms with Gasteiger partial charge in [0.1, 0.15) is 11.6 Å². The number of benzene rings is 1. The number of rotatable bonds is 4. The maximum atomic E-state index is 13.6. The monoisotopic (exact) mass is 313 g/mol. The average molecular weight is 314 g/mol. The van der Waals surface area contributed by atoms with Gasteiger partial charge in [0.2, 0.25) is 0 Å². The molecule has 1 aliphatic carbocycles. The van der Waals surface area contributed by atoms with E-state index in [0.717, 1.165) is 30.2 Å². The van der Waals surface area contributed by atoms with Crippen LogP contribution >= 0.6 is 15.9 Å². The first-order valence-corrected chi connectivity index (χ1v) is 7.04. The molecule has 0 spiro atoms. The molecule has 0 heterocycles. The normalized spacial score (nSPS) is 17.9. The molecule has 2 rings (SSSR count). The molecule has 1 aromatic carbocycles. The van der Waals surface area contributed by atoms with E-state index in [0.29, 0.717) is 12.1 Å². The van der Waals surface area contributed by atoms with Crippen LogP contribution in [0.5, 0.6) is 0 Å². The molecular weight excluding hydrogens is 297 g/mol. The molecule has 1 fully saturated rings. The van der Waals surface area contributed by atoms with Crippen LogP contribution in [-0.2, 0) is 11.2 Å². The standard InChI is InChI=1S/C14H17BrFNO/c15-11-3-4-12(16)10(7-11)8-13(18)14(9-17)5-1-2-6-14/h3-4,7H,1-2,5-6,8-9,17H2. The lowest BCUT2D eigenvalue weighted by Gasteiger charge is -2.25. The van der Waals surface area contributed by atoms with Crippen molar-refractivity contribution in [1.82, 2.24) is 0 Å². The van der Waals surface area contributed by atoms with Crippen molar-refractivity contribution >= 4 is 21.7 Å². The van der Waals surface area contributed by atoms with Crippen molar-refractivity contribution in [3.63, 3.8) is 0 Å². The largest absolute Gasteiger partial charge is 0.329 e. The fraction of sp³-hybridized carbons (Fsp3) is 0.500. The molecular formula is C14H17BrFNO. The van der Waals surface area contributed by atoms with Crippen LogP contribution < -0.4 is 5.73 Å². The fourth-order valence-corrected chi connectivity index (χ4v) is 3.10. The summed E-state index contributed by atoms with van der Waals surface area (Å²) in [6.07, 6.45) is 3.92. The highest BCUT2D eigenvalue weighted by atomic mass is 79.9. The SMILES string of the molecule is NCC1(C(=O)Cc2cc(Br)ccc2F)CCCC1. The van der Waals surface area contributed by atoms with Gasteiger partial charge in [-0.3, -0.25) is 4.79 Å². The molecule has 18 heavy (non-hydrogen) atoms. The second-order valence-corrected chi connectivity index (χ2v) is 5.94. The molecule has 98 valence electrons. The molecule has 0 amide bonds. The number of hydrogen-bond acceptors (Lipinski definition) is 2. The van der Waals surface area contributed by atoms with Crippen molar-refractivity contribution in [2.75, 3.05) is 6.54 Å². The molecule has 0 atom stereocenters. The van der Waals surface area contributed by atoms with Crippen LogP contribution in [0.25, 0.3) is 0 Å². The molecule has 0 saturated heterocycles. The highest BCUT2D eigenvalue weighted by molar-refractivity contribution is 9.10. The van der Waals surface area contributed by atoms with E-state index in [1.807, 2.05) is 0 Å². The lowest BCUT2D eigenvalue weighted by Crippen LogP contribution is -2.37. The van der Waals surface area contributed by atoms with Crippen molar-refractivity contribution in [3.05, 3.63) is 34.1 Å². The number of carbonyl (C=O) groups is 1. The van der Waals surface area contributed by atoms with Gasteiger partial charge in [0.25, 0.3) is 0 Å². The highest BCUT2D eigenvalue weighted by Gasteiger charge is 2.39. The topological polar surface area (TPSA) is 43.1 Å². The Morgan fingerprint density at radius 1 is 1.39 bits per heavy atom. The predicted molar refractivity (Wildman–Crippen MR) is 72.8 cm³/mol. The van der Waals surface area contributed by atoms with Crippen LogP contribution in [0.4, 0.5) is 4.39 Å². The van der Waals surface area contributed by atoms with Gasteiger partial charge in [0.05, 0.1) is 0 Å². The van der Waals surface area contributed by atoms with Crippen molar-refractivity contribution in [2.24, 2.45) is 11.1 Å². The van der Waals surface area contributed by atoms with E-state index in [1.54, 1.807) is 12.1 Å². The van der Waals surface area contributed by atoms with Gasteiger partial charge >= 0.3 is 0 Å². The molecule has 0 unspecified atom stereocenters. The van der Waals surface area contributed by atoms with Gasteiger partial charge in [-0.05, 0) is 36.6 Å². The molecule has 4 heteroatoms. The van der Waals surface area contributed by atoms with Crippen molar-refractivity contribution in [2.45, 2.75) is 32.1 Å². The van der Waals surface area contributed by atoms with Gasteiger partial charge in [-0.25, -0.2) is 4.39 Å². The Morgan fingerprint density at radius 3 is 2.67 bits per heavy atom. The van der Waals surface area contributed by atoms with Gasteiger partial charge in [0, 0.05) is 22.9 Å². The molecule has 0 radical (unpaired) electrons. The second-order valence-electron chi connectivity index (χ2n) is 5.03. The summed E-state index contributed by atoms with van der Waals surface area (Å²) in [6.45, 7) is 0.376. The quantitative estimate of drug-likeness (QED) is 0.927. The Morgan fingerprint density at radius 2 is 2.06 bits per heavy atom. The van der Waals surface area contributed by atoms with Crippen molar-refractivity contribution in [3.8, 4) is 0 Å². The summed E-state index contributed by atoms with van der Waals surface area (Å²) in [4.78, 5) is 12.4. The maximum absolute atomic E-state index is 13.6. The van der Waals surface area contributed by atoms with Crippen LogP contribution in [-0.4, -0.2) is 12.3 Å². The summed E-state index contributed by atoms with van der Waals surface area (Å²) in [5, 5.41) is 0. The number of nitrogens with two attached hydrogens (primary N) is 1. The van der Waals surface area contributed by atoms with Crippen molar-refractivity contribution < 1.29 is 9.18 Å². The van der Waals surface area contributed by atoms with E-state index in [2.05, 4.69) is 15.9 Å². The zero-order valence-corrected chi connectivity index (χ0v) is 11.8. The lowest BCUT2D eigenvalue weighted by molar-refractivity contribution is -0.127. The zero-order valence-electron chi connectivity index (χ0n) is 10.2. The first-order valence-electron chi connectivity index (χ1n) is 6.25. The molecule has 1 saturated carbocycles. The summed E-state index contributed by atoms with van der Waals surface area (Å²) in [5.41, 5.74) is 5.81. The Bertz CT molecular complexity index is 455. The number of ketones is 1. The van der Waals surface area contributed by atoms with Crippen LogP contribution in [0.1, 0.15) is 31.2 Å². The molecule has 0 aliphatic heterocycles. The highest BCUT2D eigenvalue weighted by Crippen LogP contribution is 2.39. The van der Waals surface area contributed by atoms with Crippen molar-refractivity contribution in [1.29, 1.82) is 0 Å². The molecule has 1 aromatic rings. The Balaban J connectivity index is 2.18. The Kier molecular flexibility index (Phi) is 4.17.